The van der Waals surface area contributed by atoms with Crippen molar-refractivity contribution >= 4 is 23.3 Å². The molecule has 26 heavy (non-hydrogen) atoms. The molecule has 7 heteroatoms. The van der Waals surface area contributed by atoms with Crippen LogP contribution in [-0.4, -0.2) is 36.5 Å². The number of para-hydroxylation sites is 2. The van der Waals surface area contributed by atoms with E-state index in [1.807, 2.05) is 24.3 Å². The molecule has 2 heterocycles. The molecule has 1 fully saturated rings. The van der Waals surface area contributed by atoms with Gasteiger partial charge in [-0.3, -0.25) is 9.59 Å². The van der Waals surface area contributed by atoms with E-state index in [-0.39, 0.29) is 11.8 Å². The Labute approximate surface area is 152 Å². The van der Waals surface area contributed by atoms with Crippen LogP contribution >= 0.6 is 0 Å². The zero-order valence-corrected chi connectivity index (χ0v) is 14.6. The van der Waals surface area contributed by atoms with Crippen molar-refractivity contribution < 1.29 is 14.3 Å². The minimum absolute atomic E-state index is 0.140. The first-order valence-corrected chi connectivity index (χ1v) is 8.62. The van der Waals surface area contributed by atoms with Crippen molar-refractivity contribution in [2.45, 2.75) is 25.3 Å². The summed E-state index contributed by atoms with van der Waals surface area (Å²) >= 11 is 0. The van der Waals surface area contributed by atoms with E-state index >= 15 is 0 Å². The molecule has 2 amide bonds. The second kappa shape index (κ2) is 8.33. The summed E-state index contributed by atoms with van der Waals surface area (Å²) in [6, 6.07) is 10.2. The Balaban J connectivity index is 1.80. The molecule has 2 aromatic rings. The molecule has 1 unspecified atom stereocenters. The third kappa shape index (κ3) is 4.11. The Hall–Kier alpha value is -3.09. The second-order valence-corrected chi connectivity index (χ2v) is 6.04. The number of pyridine rings is 1. The number of methoxy groups -OCH3 is 1. The fourth-order valence-corrected chi connectivity index (χ4v) is 2.88. The average molecular weight is 354 g/mol. The van der Waals surface area contributed by atoms with Crippen LogP contribution in [0.25, 0.3) is 0 Å². The van der Waals surface area contributed by atoms with Crippen LogP contribution in [0, 0.1) is 0 Å². The Kier molecular flexibility index (Phi) is 5.68. The lowest BCUT2D eigenvalue weighted by Gasteiger charge is -2.17. The molecule has 1 aliphatic rings. The highest BCUT2D eigenvalue weighted by Gasteiger charge is 2.24. The van der Waals surface area contributed by atoms with Crippen LogP contribution in [0.15, 0.2) is 42.6 Å². The topological polar surface area (TPSA) is 92.3 Å². The molecule has 1 aromatic carbocycles. The number of ether oxygens (including phenoxy) is 1. The highest BCUT2D eigenvalue weighted by molar-refractivity contribution is 6.01. The largest absolute Gasteiger partial charge is 0.495 e. The Morgan fingerprint density at radius 2 is 2.08 bits per heavy atom. The summed E-state index contributed by atoms with van der Waals surface area (Å²) in [5.74, 6) is 0.577. The van der Waals surface area contributed by atoms with E-state index < -0.39 is 6.04 Å². The number of nitrogens with zero attached hydrogens (tertiary/aromatic N) is 1. The molecule has 3 N–H and O–H groups in total. The third-order valence-electron chi connectivity index (χ3n) is 4.25. The number of hydrogen-bond acceptors (Lipinski definition) is 5. The van der Waals surface area contributed by atoms with Crippen LogP contribution < -0.4 is 20.7 Å². The van der Waals surface area contributed by atoms with Crippen molar-refractivity contribution in [3.8, 4) is 5.75 Å². The summed E-state index contributed by atoms with van der Waals surface area (Å²) < 4.78 is 5.32. The Bertz CT molecular complexity index is 794. The molecule has 0 aliphatic carbocycles. The molecule has 0 spiro atoms. The predicted molar refractivity (Wildman–Crippen MR) is 98.6 cm³/mol. The van der Waals surface area contributed by atoms with E-state index in [4.69, 9.17) is 4.74 Å². The summed E-state index contributed by atoms with van der Waals surface area (Å²) in [7, 11) is 1.58. The van der Waals surface area contributed by atoms with Gasteiger partial charge < -0.3 is 20.7 Å². The third-order valence-corrected chi connectivity index (χ3v) is 4.25. The standard InChI is InChI=1S/C19H22N4O3/c1-26-16-10-3-2-8-14(16)22-17-13(7-6-12-20-17)18(24)23-15-9-4-5-11-21-19(15)25/h2-3,6-8,10,12,15H,4-5,9,11H2,1H3,(H,20,22)(H,21,25)(H,23,24). The van der Waals surface area contributed by atoms with Gasteiger partial charge in [-0.1, -0.05) is 12.1 Å². The molecule has 1 saturated heterocycles. The van der Waals surface area contributed by atoms with Crippen LogP contribution in [-0.2, 0) is 4.79 Å². The first-order valence-electron chi connectivity index (χ1n) is 8.62. The lowest BCUT2D eigenvalue weighted by Crippen LogP contribution is -2.45. The van der Waals surface area contributed by atoms with Crippen LogP contribution in [0.3, 0.4) is 0 Å². The van der Waals surface area contributed by atoms with Crippen LogP contribution in [0.5, 0.6) is 5.75 Å². The smallest absolute Gasteiger partial charge is 0.255 e. The van der Waals surface area contributed by atoms with Crippen LogP contribution in [0.1, 0.15) is 29.6 Å². The van der Waals surface area contributed by atoms with Gasteiger partial charge in [-0.15, -0.1) is 0 Å². The Morgan fingerprint density at radius 3 is 2.92 bits per heavy atom. The fourth-order valence-electron chi connectivity index (χ4n) is 2.88. The SMILES string of the molecule is COc1ccccc1Nc1ncccc1C(=O)NC1CCCCNC1=O. The number of amides is 2. The molecule has 1 atom stereocenters. The normalized spacial score (nSPS) is 17.0. The van der Waals surface area contributed by atoms with Crippen molar-refractivity contribution in [1.82, 2.24) is 15.6 Å². The molecule has 3 rings (SSSR count). The molecule has 0 bridgehead atoms. The summed E-state index contributed by atoms with van der Waals surface area (Å²) in [4.78, 5) is 29.1. The number of aromatic nitrogens is 1. The lowest BCUT2D eigenvalue weighted by atomic mass is 10.1. The monoisotopic (exact) mass is 354 g/mol. The molecule has 1 aromatic heterocycles. The number of rotatable bonds is 5. The predicted octanol–water partition coefficient (Wildman–Crippen LogP) is 2.23. The van der Waals surface area contributed by atoms with Gasteiger partial charge in [0.15, 0.2) is 0 Å². The molecule has 136 valence electrons. The van der Waals surface area contributed by atoms with Crippen LogP contribution in [0.2, 0.25) is 0 Å². The zero-order valence-electron chi connectivity index (χ0n) is 14.6. The van der Waals surface area contributed by atoms with Gasteiger partial charge in [0, 0.05) is 12.7 Å². The summed E-state index contributed by atoms with van der Waals surface area (Å²) in [5, 5.41) is 8.77. The first kappa shape index (κ1) is 17.7. The summed E-state index contributed by atoms with van der Waals surface area (Å²) in [6.07, 6.45) is 4.05. The van der Waals surface area contributed by atoms with Crippen molar-refractivity contribution in [3.63, 3.8) is 0 Å². The van der Waals surface area contributed by atoms with Gasteiger partial charge in [-0.25, -0.2) is 4.98 Å². The van der Waals surface area contributed by atoms with Crippen molar-refractivity contribution in [2.24, 2.45) is 0 Å². The number of anilines is 2. The highest BCUT2D eigenvalue weighted by atomic mass is 16.5. The van der Waals surface area contributed by atoms with Crippen LogP contribution in [0.4, 0.5) is 11.5 Å². The van der Waals surface area contributed by atoms with Crippen molar-refractivity contribution in [3.05, 3.63) is 48.2 Å². The number of carbonyl (C=O) groups is 2. The fraction of sp³-hybridized carbons (Fsp3) is 0.316. The van der Waals surface area contributed by atoms with Gasteiger partial charge in [0.25, 0.3) is 5.91 Å². The zero-order chi connectivity index (χ0) is 18.4. The molecule has 1 aliphatic heterocycles. The quantitative estimate of drug-likeness (QED) is 0.766. The van der Waals surface area contributed by atoms with E-state index in [1.165, 1.54) is 0 Å². The molecular formula is C19H22N4O3. The van der Waals surface area contributed by atoms with Gasteiger partial charge in [0.05, 0.1) is 18.4 Å². The van der Waals surface area contributed by atoms with Crippen molar-refractivity contribution in [2.75, 3.05) is 19.0 Å². The maximum Gasteiger partial charge on any atom is 0.255 e. The molecular weight excluding hydrogens is 332 g/mol. The molecule has 0 radical (unpaired) electrons. The van der Waals surface area contributed by atoms with Gasteiger partial charge in [-0.05, 0) is 43.5 Å². The van der Waals surface area contributed by atoms with Crippen molar-refractivity contribution in [1.29, 1.82) is 0 Å². The van der Waals surface area contributed by atoms with E-state index in [2.05, 4.69) is 20.9 Å². The molecule has 0 saturated carbocycles. The first-order chi connectivity index (χ1) is 12.7. The number of hydrogen-bond donors (Lipinski definition) is 3. The van der Waals surface area contributed by atoms with E-state index in [9.17, 15) is 9.59 Å². The maximum atomic E-state index is 12.7. The molecule has 7 nitrogen and oxygen atoms in total. The number of carbonyl (C=O) groups excluding carboxylic acids is 2. The van der Waals surface area contributed by atoms with Gasteiger partial charge in [0.1, 0.15) is 17.6 Å². The number of nitrogens with one attached hydrogen (secondary N) is 3. The van der Waals surface area contributed by atoms with Gasteiger partial charge >= 0.3 is 0 Å². The van der Waals surface area contributed by atoms with Gasteiger partial charge in [-0.2, -0.15) is 0 Å². The summed E-state index contributed by atoms with van der Waals surface area (Å²) in [6.45, 7) is 0.651. The average Bonchev–Trinajstić information content (AvgIpc) is 2.87. The maximum absolute atomic E-state index is 12.7. The lowest BCUT2D eigenvalue weighted by molar-refractivity contribution is -0.122. The highest BCUT2D eigenvalue weighted by Crippen LogP contribution is 2.27. The minimum Gasteiger partial charge on any atom is -0.495 e. The van der Waals surface area contributed by atoms with E-state index in [1.54, 1.807) is 25.4 Å². The van der Waals surface area contributed by atoms with E-state index in [0.29, 0.717) is 35.8 Å². The minimum atomic E-state index is -0.524. The Morgan fingerprint density at radius 1 is 1.23 bits per heavy atom. The second-order valence-electron chi connectivity index (χ2n) is 6.04. The van der Waals surface area contributed by atoms with E-state index in [0.717, 1.165) is 12.8 Å². The summed E-state index contributed by atoms with van der Waals surface area (Å²) in [5.41, 5.74) is 1.07. The number of benzene rings is 1. The van der Waals surface area contributed by atoms with Gasteiger partial charge in [0.2, 0.25) is 5.91 Å².